The van der Waals surface area contributed by atoms with Gasteiger partial charge in [0, 0.05) is 0 Å². The normalized spacial score (nSPS) is 21.4. The number of aryl methyl sites for hydroxylation is 4. The van der Waals surface area contributed by atoms with E-state index in [1.165, 1.54) is 45.3 Å². The first-order valence-electron chi connectivity index (χ1n) is 21.8. The second kappa shape index (κ2) is 18.1. The summed E-state index contributed by atoms with van der Waals surface area (Å²) < 4.78 is 25.7. The SMILES string of the molecule is Cc1cc2c(cc1C)N(C(=O)OCc1ccccc1)[C@@H]1O[C@H](CCCCC[C@H]3O[C@@H]4[C@@H](Nc5cc(C)c(C)cc5N4C(=O)OCc4ccccc4)c4sc(=O)sc43)c3sc(=O)sc3[C@@H]1N2. The molecule has 0 aliphatic carbocycles. The van der Waals surface area contributed by atoms with Gasteiger partial charge in [0.25, 0.3) is 8.11 Å². The summed E-state index contributed by atoms with van der Waals surface area (Å²) in [7, 11) is 0. The lowest BCUT2D eigenvalue weighted by atomic mass is 9.96. The lowest BCUT2D eigenvalue weighted by Crippen LogP contribution is -2.53. The molecule has 336 valence electrons. The first-order valence-corrected chi connectivity index (χ1v) is 25.1. The van der Waals surface area contributed by atoms with Crippen LogP contribution in [0.15, 0.2) is 94.5 Å². The minimum Gasteiger partial charge on any atom is -0.444 e. The quantitative estimate of drug-likeness (QED) is 0.128. The summed E-state index contributed by atoms with van der Waals surface area (Å²) in [6, 6.07) is 26.3. The topological polar surface area (TPSA) is 136 Å². The van der Waals surface area contributed by atoms with Crippen molar-refractivity contribution in [3.63, 3.8) is 0 Å². The van der Waals surface area contributed by atoms with Gasteiger partial charge >= 0.3 is 12.2 Å². The van der Waals surface area contributed by atoms with E-state index in [-0.39, 0.29) is 21.3 Å². The summed E-state index contributed by atoms with van der Waals surface area (Å²) in [4.78, 5) is 61.3. The predicted molar refractivity (Wildman–Crippen MR) is 258 cm³/mol. The van der Waals surface area contributed by atoms with Gasteiger partial charge in [-0.2, -0.15) is 0 Å². The van der Waals surface area contributed by atoms with Gasteiger partial charge in [0.15, 0.2) is 12.5 Å². The van der Waals surface area contributed by atoms with Crippen LogP contribution in [0.3, 0.4) is 0 Å². The molecule has 12 nitrogen and oxygen atoms in total. The summed E-state index contributed by atoms with van der Waals surface area (Å²) in [5, 5.41) is 7.25. The average molecular weight is 949 g/mol. The highest BCUT2D eigenvalue weighted by Crippen LogP contribution is 2.52. The first-order chi connectivity index (χ1) is 31.5. The van der Waals surface area contributed by atoms with E-state index < -0.39 is 48.9 Å². The van der Waals surface area contributed by atoms with Crippen molar-refractivity contribution in [2.24, 2.45) is 0 Å². The summed E-state index contributed by atoms with van der Waals surface area (Å²) in [6.45, 7) is 8.32. The minimum absolute atomic E-state index is 0.0171. The second-order valence-electron chi connectivity index (χ2n) is 17.0. The molecule has 4 aliphatic rings. The Kier molecular flexibility index (Phi) is 12.1. The number of carbonyl (C=O) groups excluding carboxylic acids is 2. The number of benzene rings is 4. The van der Waals surface area contributed by atoms with Gasteiger partial charge in [-0.1, -0.05) is 125 Å². The third kappa shape index (κ3) is 8.51. The van der Waals surface area contributed by atoms with Crippen LogP contribution in [0.1, 0.15) is 109 Å². The van der Waals surface area contributed by atoms with E-state index in [1.807, 2.05) is 113 Å². The van der Waals surface area contributed by atoms with E-state index in [4.69, 9.17) is 18.9 Å². The number of nitrogens with zero attached hydrogens (tertiary/aromatic N) is 2. The number of carbonyl (C=O) groups is 2. The second-order valence-corrected chi connectivity index (χ2v) is 21.6. The van der Waals surface area contributed by atoms with Crippen molar-refractivity contribution in [3.05, 3.63) is 156 Å². The lowest BCUT2D eigenvalue weighted by Gasteiger charge is -2.46. The van der Waals surface area contributed by atoms with Crippen molar-refractivity contribution >= 4 is 80.3 Å². The molecule has 6 atom stereocenters. The van der Waals surface area contributed by atoms with Gasteiger partial charge in [-0.25, -0.2) is 19.4 Å². The van der Waals surface area contributed by atoms with Crippen molar-refractivity contribution in [1.82, 2.24) is 0 Å². The van der Waals surface area contributed by atoms with Crippen LogP contribution in [0.5, 0.6) is 0 Å². The van der Waals surface area contributed by atoms with Crippen LogP contribution in [0.2, 0.25) is 0 Å². The summed E-state index contributed by atoms with van der Waals surface area (Å²) in [5.41, 5.74) is 8.88. The molecular formula is C49H48N4O8S4. The molecular weight excluding hydrogens is 901 g/mol. The van der Waals surface area contributed by atoms with Gasteiger partial charge < -0.3 is 29.6 Å². The molecule has 0 bridgehead atoms. The molecule has 0 unspecified atom stereocenters. The highest BCUT2D eigenvalue weighted by Gasteiger charge is 2.49. The molecule has 6 aromatic rings. The van der Waals surface area contributed by atoms with Crippen LogP contribution < -0.4 is 28.5 Å². The van der Waals surface area contributed by atoms with E-state index in [2.05, 4.69) is 10.6 Å². The number of nitrogens with one attached hydrogen (secondary N) is 2. The van der Waals surface area contributed by atoms with Gasteiger partial charge in [-0.05, 0) is 98.2 Å². The van der Waals surface area contributed by atoms with Crippen molar-refractivity contribution in [3.8, 4) is 0 Å². The smallest absolute Gasteiger partial charge is 0.416 e. The molecule has 16 heteroatoms. The fourth-order valence-electron chi connectivity index (χ4n) is 9.11. The Hall–Kier alpha value is -5.36. The Labute approximate surface area is 392 Å². The van der Waals surface area contributed by atoms with Gasteiger partial charge in [0.05, 0.1) is 54.5 Å². The number of unbranched alkanes of at least 4 members (excludes halogenated alkanes) is 2. The maximum Gasteiger partial charge on any atom is 0.416 e. The molecule has 6 heterocycles. The zero-order valence-electron chi connectivity index (χ0n) is 36.3. The molecule has 0 spiro atoms. The van der Waals surface area contributed by atoms with Crippen LogP contribution in [-0.4, -0.2) is 24.6 Å². The van der Waals surface area contributed by atoms with E-state index in [1.54, 1.807) is 9.80 Å². The van der Waals surface area contributed by atoms with E-state index in [0.717, 1.165) is 83.5 Å². The third-order valence-electron chi connectivity index (χ3n) is 12.7. The standard InChI is InChI=1S/C49H48N4O8S4/c1-26-20-32-34(22-28(26)3)52(46(54)58-24-30-14-8-5-9-15-30)44-38(50-32)42-40(62-48(56)64-42)36(60-44)18-12-7-13-19-37-41-43(65-49(57)63-41)39-45(61-37)53(35-23-29(4)27(2)21-33(35)51-39)47(55)59-25-31-16-10-6-11-17-31/h5-6,8-11,14-17,20-23,36-39,44-45,50-51H,7,12-13,18-19,24-25H2,1-4H3/t36-,37-,38+,39+,44-,45-/m1/s1. The highest BCUT2D eigenvalue weighted by molar-refractivity contribution is 7.28. The number of hydrogen-bond donors (Lipinski definition) is 2. The maximum atomic E-state index is 14.2. The van der Waals surface area contributed by atoms with E-state index >= 15 is 0 Å². The average Bonchev–Trinajstić information content (AvgIpc) is 3.90. The third-order valence-corrected chi connectivity index (χ3v) is 17.4. The predicted octanol–water partition coefficient (Wildman–Crippen LogP) is 12.0. The first kappa shape index (κ1) is 43.5. The monoisotopic (exact) mass is 948 g/mol. The minimum atomic E-state index is -0.747. The number of amides is 2. The van der Waals surface area contributed by atoms with Gasteiger partial charge in [0.2, 0.25) is 0 Å². The van der Waals surface area contributed by atoms with Crippen molar-refractivity contribution in [2.75, 3.05) is 20.4 Å². The molecule has 0 saturated carbocycles. The zero-order valence-corrected chi connectivity index (χ0v) is 39.6. The summed E-state index contributed by atoms with van der Waals surface area (Å²) in [5.74, 6) is 0. The molecule has 2 aromatic heterocycles. The van der Waals surface area contributed by atoms with E-state index in [0.29, 0.717) is 24.2 Å². The Morgan fingerprint density at radius 3 is 1.35 bits per heavy atom. The van der Waals surface area contributed by atoms with E-state index in [9.17, 15) is 19.2 Å². The molecule has 4 aliphatic heterocycles. The van der Waals surface area contributed by atoms with Crippen LogP contribution in [0, 0.1) is 27.7 Å². The molecule has 2 amide bonds. The van der Waals surface area contributed by atoms with Crippen LogP contribution in [-0.2, 0) is 32.2 Å². The number of fused-ring (bicyclic) bond motifs is 8. The van der Waals surface area contributed by atoms with Crippen LogP contribution in [0.25, 0.3) is 0 Å². The van der Waals surface area contributed by atoms with Gasteiger partial charge in [0.1, 0.15) is 25.3 Å². The van der Waals surface area contributed by atoms with Crippen LogP contribution in [0.4, 0.5) is 32.3 Å². The van der Waals surface area contributed by atoms with Crippen molar-refractivity contribution in [2.45, 2.75) is 110 Å². The van der Waals surface area contributed by atoms with Crippen LogP contribution >= 0.6 is 45.3 Å². The number of ether oxygens (including phenoxy) is 4. The summed E-state index contributed by atoms with van der Waals surface area (Å²) in [6.07, 6.45) is 0.265. The molecule has 65 heavy (non-hydrogen) atoms. The van der Waals surface area contributed by atoms with Gasteiger partial charge in [-0.15, -0.1) is 0 Å². The molecule has 0 radical (unpaired) electrons. The maximum absolute atomic E-state index is 14.2. The molecule has 2 N–H and O–H groups in total. The largest absolute Gasteiger partial charge is 0.444 e. The number of hydrogen-bond acceptors (Lipinski definition) is 14. The van der Waals surface area contributed by atoms with Crippen molar-refractivity contribution < 1.29 is 28.5 Å². The van der Waals surface area contributed by atoms with Gasteiger partial charge in [-0.3, -0.25) is 9.59 Å². The number of anilines is 4. The fourth-order valence-corrected chi connectivity index (χ4v) is 13.9. The zero-order chi connectivity index (χ0) is 44.9. The lowest BCUT2D eigenvalue weighted by molar-refractivity contribution is -0.0441. The number of rotatable bonds is 10. The fraction of sp³-hybridized carbons (Fsp3) is 0.347. The molecule has 10 rings (SSSR count). The molecule has 0 saturated heterocycles. The Balaban J connectivity index is 0.855. The Bertz CT molecular complexity index is 2680. The Morgan fingerprint density at radius 2 is 0.938 bits per heavy atom. The summed E-state index contributed by atoms with van der Waals surface area (Å²) >= 11 is 4.86. The highest BCUT2D eigenvalue weighted by atomic mass is 32.2. The molecule has 4 aromatic carbocycles. The molecule has 0 fully saturated rings. The Morgan fingerprint density at radius 1 is 0.554 bits per heavy atom. The van der Waals surface area contributed by atoms with Crippen molar-refractivity contribution in [1.29, 1.82) is 0 Å².